The van der Waals surface area contributed by atoms with E-state index in [1.54, 1.807) is 0 Å². The summed E-state index contributed by atoms with van der Waals surface area (Å²) in [5, 5.41) is 2.37. The first kappa shape index (κ1) is 16.9. The molecule has 0 fully saturated rings. The number of fused-ring (bicyclic) bond motifs is 2. The largest absolute Gasteiger partial charge is 0.459 e. The van der Waals surface area contributed by atoms with Gasteiger partial charge in [-0.15, -0.1) is 0 Å². The summed E-state index contributed by atoms with van der Waals surface area (Å²) < 4.78 is 6.27. The molecule has 0 spiro atoms. The smallest absolute Gasteiger partial charge is 0.142 e. The Morgan fingerprint density at radius 2 is 1.52 bits per heavy atom. The third-order valence-electron chi connectivity index (χ3n) is 5.08. The lowest BCUT2D eigenvalue weighted by Crippen LogP contribution is -2.14. The fourth-order valence-electron chi connectivity index (χ4n) is 3.86. The van der Waals surface area contributed by atoms with E-state index in [0.29, 0.717) is 10.0 Å². The summed E-state index contributed by atoms with van der Waals surface area (Å²) in [6.07, 6.45) is 0. The van der Waals surface area contributed by atoms with Gasteiger partial charge in [0, 0.05) is 39.6 Å². The van der Waals surface area contributed by atoms with E-state index in [1.807, 2.05) is 36.4 Å². The van der Waals surface area contributed by atoms with Gasteiger partial charge in [0.2, 0.25) is 0 Å². The lowest BCUT2D eigenvalue weighted by Gasteiger charge is -2.12. The van der Waals surface area contributed by atoms with Crippen LogP contribution in [0.15, 0.2) is 71.1 Å². The molecule has 0 radical (unpaired) electrons. The summed E-state index contributed by atoms with van der Waals surface area (Å²) in [4.78, 5) is 2.39. The first-order valence-electron chi connectivity index (χ1n) is 8.93. The maximum atomic E-state index is 6.41. The summed E-state index contributed by atoms with van der Waals surface area (Å²) in [6.45, 7) is 2.67. The quantitative estimate of drug-likeness (QED) is 0.375. The second-order valence-electron chi connectivity index (χ2n) is 6.98. The third kappa shape index (κ3) is 3.14. The van der Waals surface area contributed by atoms with E-state index < -0.39 is 0 Å². The number of hydrogen-bond donors (Lipinski definition) is 0. The Labute approximate surface area is 167 Å². The second kappa shape index (κ2) is 6.72. The summed E-state index contributed by atoms with van der Waals surface area (Å²) in [5.74, 6) is 0.938. The molecule has 0 unspecified atom stereocenters. The zero-order valence-corrected chi connectivity index (χ0v) is 16.1. The van der Waals surface area contributed by atoms with E-state index in [1.165, 1.54) is 11.1 Å². The molecule has 0 saturated carbocycles. The van der Waals surface area contributed by atoms with Crippen molar-refractivity contribution in [2.24, 2.45) is 0 Å². The van der Waals surface area contributed by atoms with Crippen LogP contribution < -0.4 is 0 Å². The standard InChI is InChI=1S/C23H17Cl2NO/c24-18-9-17-10-19(14-26-12-15-5-1-2-6-16(15)13-26)27-23(17)21(11-18)20-7-3-4-8-22(20)25/h1-11H,12-14H2. The Bertz CT molecular complexity index is 1120. The summed E-state index contributed by atoms with van der Waals surface area (Å²) in [6, 6.07) is 22.3. The Kier molecular flexibility index (Phi) is 4.20. The van der Waals surface area contributed by atoms with Crippen molar-refractivity contribution in [3.05, 3.63) is 93.7 Å². The highest BCUT2D eigenvalue weighted by molar-refractivity contribution is 6.34. The zero-order valence-electron chi connectivity index (χ0n) is 14.6. The Hall–Kier alpha value is -2.26. The number of hydrogen-bond acceptors (Lipinski definition) is 2. The molecule has 27 heavy (non-hydrogen) atoms. The molecule has 0 amide bonds. The van der Waals surface area contributed by atoms with Crippen LogP contribution in [0.5, 0.6) is 0 Å². The normalized spacial score (nSPS) is 14.0. The van der Waals surface area contributed by atoms with E-state index in [0.717, 1.165) is 47.5 Å². The number of furan rings is 1. The molecule has 0 saturated heterocycles. The molecule has 0 aliphatic carbocycles. The minimum Gasteiger partial charge on any atom is -0.459 e. The van der Waals surface area contributed by atoms with Gasteiger partial charge in [0.25, 0.3) is 0 Å². The summed E-state index contributed by atoms with van der Waals surface area (Å²) >= 11 is 12.8. The zero-order chi connectivity index (χ0) is 18.4. The van der Waals surface area contributed by atoms with Gasteiger partial charge in [-0.2, -0.15) is 0 Å². The first-order chi connectivity index (χ1) is 13.2. The minimum atomic E-state index is 0.679. The second-order valence-corrected chi connectivity index (χ2v) is 7.82. The Balaban J connectivity index is 1.51. The van der Waals surface area contributed by atoms with Crippen LogP contribution in [0.1, 0.15) is 16.9 Å². The van der Waals surface area contributed by atoms with E-state index >= 15 is 0 Å². The maximum Gasteiger partial charge on any atom is 0.142 e. The third-order valence-corrected chi connectivity index (χ3v) is 5.63. The molecular formula is C23H17Cl2NO. The Morgan fingerprint density at radius 3 is 2.26 bits per heavy atom. The van der Waals surface area contributed by atoms with Crippen LogP contribution in [-0.4, -0.2) is 4.90 Å². The van der Waals surface area contributed by atoms with E-state index in [2.05, 4.69) is 35.2 Å². The number of benzene rings is 3. The highest BCUT2D eigenvalue weighted by Crippen LogP contribution is 2.37. The molecule has 2 nitrogen and oxygen atoms in total. The molecule has 0 N–H and O–H groups in total. The predicted octanol–water partition coefficient (Wildman–Crippen LogP) is 6.92. The molecule has 1 aliphatic rings. The molecule has 134 valence electrons. The molecule has 0 atom stereocenters. The van der Waals surface area contributed by atoms with Crippen molar-refractivity contribution >= 4 is 34.2 Å². The van der Waals surface area contributed by atoms with Gasteiger partial charge >= 0.3 is 0 Å². The van der Waals surface area contributed by atoms with Crippen molar-refractivity contribution in [3.63, 3.8) is 0 Å². The van der Waals surface area contributed by atoms with Crippen LogP contribution in [0.3, 0.4) is 0 Å². The van der Waals surface area contributed by atoms with Crippen LogP contribution >= 0.6 is 23.2 Å². The SMILES string of the molecule is Clc1cc(-c2ccccc2Cl)c2oc(CN3Cc4ccccc4C3)cc2c1. The summed E-state index contributed by atoms with van der Waals surface area (Å²) in [7, 11) is 0. The van der Waals surface area contributed by atoms with Crippen LogP contribution in [0, 0.1) is 0 Å². The average molecular weight is 394 g/mol. The van der Waals surface area contributed by atoms with Crippen LogP contribution in [-0.2, 0) is 19.6 Å². The lowest BCUT2D eigenvalue weighted by atomic mass is 10.0. The highest BCUT2D eigenvalue weighted by atomic mass is 35.5. The van der Waals surface area contributed by atoms with Gasteiger partial charge < -0.3 is 4.42 Å². The van der Waals surface area contributed by atoms with Gasteiger partial charge in [-0.25, -0.2) is 0 Å². The van der Waals surface area contributed by atoms with Crippen LogP contribution in [0.25, 0.3) is 22.1 Å². The van der Waals surface area contributed by atoms with Gasteiger partial charge in [0.1, 0.15) is 11.3 Å². The number of halogens is 2. The molecule has 5 rings (SSSR count). The van der Waals surface area contributed by atoms with Crippen LogP contribution in [0.2, 0.25) is 10.0 Å². The lowest BCUT2D eigenvalue weighted by molar-refractivity contribution is 0.253. The van der Waals surface area contributed by atoms with Gasteiger partial charge in [-0.05, 0) is 35.4 Å². The topological polar surface area (TPSA) is 16.4 Å². The molecule has 4 heteroatoms. The van der Waals surface area contributed by atoms with Crippen molar-refractivity contribution in [1.82, 2.24) is 4.90 Å². The predicted molar refractivity (Wildman–Crippen MR) is 111 cm³/mol. The van der Waals surface area contributed by atoms with Crippen molar-refractivity contribution in [3.8, 4) is 11.1 Å². The van der Waals surface area contributed by atoms with Crippen molar-refractivity contribution < 1.29 is 4.42 Å². The minimum absolute atomic E-state index is 0.679. The molecular weight excluding hydrogens is 377 g/mol. The van der Waals surface area contributed by atoms with Gasteiger partial charge in [0.05, 0.1) is 6.54 Å². The summed E-state index contributed by atoms with van der Waals surface area (Å²) in [5.41, 5.74) is 5.49. The van der Waals surface area contributed by atoms with Gasteiger partial charge in [0.15, 0.2) is 0 Å². The monoisotopic (exact) mass is 393 g/mol. The fraction of sp³-hybridized carbons (Fsp3) is 0.130. The van der Waals surface area contributed by atoms with E-state index in [9.17, 15) is 0 Å². The molecule has 1 aliphatic heterocycles. The average Bonchev–Trinajstić information content (AvgIpc) is 3.24. The maximum absolute atomic E-state index is 6.41. The van der Waals surface area contributed by atoms with E-state index in [4.69, 9.17) is 27.6 Å². The number of rotatable bonds is 3. The first-order valence-corrected chi connectivity index (χ1v) is 9.69. The van der Waals surface area contributed by atoms with Crippen molar-refractivity contribution in [2.45, 2.75) is 19.6 Å². The highest BCUT2D eigenvalue weighted by Gasteiger charge is 2.20. The van der Waals surface area contributed by atoms with Crippen molar-refractivity contribution in [2.75, 3.05) is 0 Å². The van der Waals surface area contributed by atoms with E-state index in [-0.39, 0.29) is 0 Å². The molecule has 1 aromatic heterocycles. The van der Waals surface area contributed by atoms with Crippen LogP contribution in [0.4, 0.5) is 0 Å². The Morgan fingerprint density at radius 1 is 0.815 bits per heavy atom. The molecule has 0 bridgehead atoms. The molecule has 2 heterocycles. The fourth-order valence-corrected chi connectivity index (χ4v) is 4.33. The molecule has 3 aromatic carbocycles. The van der Waals surface area contributed by atoms with Gasteiger partial charge in [-0.1, -0.05) is 65.7 Å². The van der Waals surface area contributed by atoms with Gasteiger partial charge in [-0.3, -0.25) is 4.90 Å². The molecule has 4 aromatic rings. The van der Waals surface area contributed by atoms with Crippen molar-refractivity contribution in [1.29, 1.82) is 0 Å². The number of nitrogens with zero attached hydrogens (tertiary/aromatic N) is 1.